The number of hydrogen-bond donors (Lipinski definition) is 0. The molecule has 1 atom stereocenters. The summed E-state index contributed by atoms with van der Waals surface area (Å²) in [6, 6.07) is 2.35. The Labute approximate surface area is 83.9 Å². The second kappa shape index (κ2) is 3.92. The van der Waals surface area contributed by atoms with Crippen molar-refractivity contribution in [2.24, 2.45) is 0 Å². The van der Waals surface area contributed by atoms with Gasteiger partial charge < -0.3 is 9.64 Å². The van der Waals surface area contributed by atoms with Gasteiger partial charge in [0.25, 0.3) is 0 Å². The van der Waals surface area contributed by atoms with E-state index < -0.39 is 0 Å². The summed E-state index contributed by atoms with van der Waals surface area (Å²) in [6.45, 7) is 6.54. The molecule has 1 saturated heterocycles. The minimum Gasteiger partial charge on any atom is -0.377 e. The van der Waals surface area contributed by atoms with Gasteiger partial charge in [0, 0.05) is 12.7 Å². The zero-order chi connectivity index (χ0) is 9.97. The molecule has 0 aromatic carbocycles. The monoisotopic (exact) mass is 193 g/mol. The summed E-state index contributed by atoms with van der Waals surface area (Å²) in [5.74, 6) is 1.83. The van der Waals surface area contributed by atoms with Gasteiger partial charge in [-0.3, -0.25) is 0 Å². The summed E-state index contributed by atoms with van der Waals surface area (Å²) < 4.78 is 5.38. The van der Waals surface area contributed by atoms with Crippen LogP contribution >= 0.6 is 0 Å². The van der Waals surface area contributed by atoms with Crippen LogP contribution in [0.3, 0.4) is 0 Å². The Morgan fingerprint density at radius 2 is 2.43 bits per heavy atom. The Balaban J connectivity index is 2.20. The van der Waals surface area contributed by atoms with Gasteiger partial charge in [0.15, 0.2) is 0 Å². The first-order chi connectivity index (χ1) is 6.77. The number of ether oxygens (including phenoxy) is 1. The van der Waals surface area contributed by atoms with Crippen molar-refractivity contribution < 1.29 is 4.74 Å². The largest absolute Gasteiger partial charge is 0.377 e. The van der Waals surface area contributed by atoms with Gasteiger partial charge in [0.1, 0.15) is 11.6 Å². The highest BCUT2D eigenvalue weighted by Crippen LogP contribution is 2.16. The molecule has 2 rings (SSSR count). The maximum Gasteiger partial charge on any atom is 0.132 e. The lowest BCUT2D eigenvalue weighted by Gasteiger charge is -2.34. The number of hydrogen-bond acceptors (Lipinski definition) is 4. The molecular weight excluding hydrogens is 178 g/mol. The first-order valence-corrected chi connectivity index (χ1v) is 4.91. The summed E-state index contributed by atoms with van der Waals surface area (Å²) in [4.78, 5) is 10.8. The zero-order valence-corrected chi connectivity index (χ0v) is 8.60. The highest BCUT2D eigenvalue weighted by Gasteiger charge is 2.19. The molecule has 0 saturated carbocycles. The molecule has 0 aliphatic carbocycles. The highest BCUT2D eigenvalue weighted by molar-refractivity contribution is 5.39. The second-order valence-corrected chi connectivity index (χ2v) is 3.58. The number of aromatic nitrogens is 2. The normalized spacial score (nSPS) is 22.4. The molecule has 0 spiro atoms. The zero-order valence-electron chi connectivity index (χ0n) is 8.60. The molecule has 76 valence electrons. The van der Waals surface area contributed by atoms with Crippen LogP contribution in [0.15, 0.2) is 12.3 Å². The number of aryl methyl sites for hydroxylation is 1. The SMILES string of the molecule is Cc1nccc(N2CCOC[C@H]2C)n1. The van der Waals surface area contributed by atoms with Gasteiger partial charge in [-0.1, -0.05) is 0 Å². The fraction of sp³-hybridized carbons (Fsp3) is 0.600. The molecule has 0 unspecified atom stereocenters. The van der Waals surface area contributed by atoms with E-state index in [0.29, 0.717) is 6.04 Å². The minimum atomic E-state index is 0.401. The Hall–Kier alpha value is -1.16. The van der Waals surface area contributed by atoms with E-state index in [-0.39, 0.29) is 0 Å². The molecule has 0 radical (unpaired) electrons. The van der Waals surface area contributed by atoms with Crippen molar-refractivity contribution in [3.8, 4) is 0 Å². The van der Waals surface area contributed by atoms with Crippen molar-refractivity contribution in [1.82, 2.24) is 9.97 Å². The van der Waals surface area contributed by atoms with E-state index in [1.54, 1.807) is 6.20 Å². The third kappa shape index (κ3) is 1.85. The molecule has 1 aliphatic rings. The molecule has 0 amide bonds. The third-order valence-corrected chi connectivity index (χ3v) is 2.42. The van der Waals surface area contributed by atoms with Crippen LogP contribution in [0.25, 0.3) is 0 Å². The Morgan fingerprint density at radius 1 is 1.57 bits per heavy atom. The quantitative estimate of drug-likeness (QED) is 0.667. The van der Waals surface area contributed by atoms with Crippen molar-refractivity contribution >= 4 is 5.82 Å². The van der Waals surface area contributed by atoms with Crippen molar-refractivity contribution in [3.63, 3.8) is 0 Å². The lowest BCUT2D eigenvalue weighted by atomic mass is 10.2. The predicted molar refractivity (Wildman–Crippen MR) is 54.4 cm³/mol. The molecular formula is C10H15N3O. The van der Waals surface area contributed by atoms with Gasteiger partial charge in [0.05, 0.1) is 19.3 Å². The van der Waals surface area contributed by atoms with E-state index in [1.807, 2.05) is 13.0 Å². The maximum atomic E-state index is 5.38. The second-order valence-electron chi connectivity index (χ2n) is 3.58. The van der Waals surface area contributed by atoms with E-state index in [4.69, 9.17) is 4.74 Å². The lowest BCUT2D eigenvalue weighted by molar-refractivity contribution is 0.0985. The third-order valence-electron chi connectivity index (χ3n) is 2.42. The fourth-order valence-electron chi connectivity index (χ4n) is 1.67. The number of morpholine rings is 1. The van der Waals surface area contributed by atoms with Crippen LogP contribution in [0.5, 0.6) is 0 Å². The van der Waals surface area contributed by atoms with Gasteiger partial charge in [-0.2, -0.15) is 0 Å². The van der Waals surface area contributed by atoms with Crippen LogP contribution in [0, 0.1) is 6.92 Å². The average Bonchev–Trinajstić information content (AvgIpc) is 2.18. The lowest BCUT2D eigenvalue weighted by Crippen LogP contribution is -2.44. The number of rotatable bonds is 1. The molecule has 1 aliphatic heterocycles. The minimum absolute atomic E-state index is 0.401. The molecule has 14 heavy (non-hydrogen) atoms. The first kappa shape index (κ1) is 9.40. The Bertz CT molecular complexity index is 316. The van der Waals surface area contributed by atoms with Crippen molar-refractivity contribution in [1.29, 1.82) is 0 Å². The van der Waals surface area contributed by atoms with Gasteiger partial charge in [0.2, 0.25) is 0 Å². The van der Waals surface area contributed by atoms with Crippen LogP contribution in [-0.2, 0) is 4.74 Å². The Morgan fingerprint density at radius 3 is 3.14 bits per heavy atom. The van der Waals surface area contributed by atoms with Crippen LogP contribution in [0.4, 0.5) is 5.82 Å². The van der Waals surface area contributed by atoms with Crippen LogP contribution in [0.1, 0.15) is 12.7 Å². The van der Waals surface area contributed by atoms with Crippen molar-refractivity contribution in [2.75, 3.05) is 24.7 Å². The molecule has 2 heterocycles. The topological polar surface area (TPSA) is 38.2 Å². The van der Waals surface area contributed by atoms with E-state index in [9.17, 15) is 0 Å². The molecule has 4 heteroatoms. The molecule has 1 aromatic heterocycles. The molecule has 0 bridgehead atoms. The standard InChI is InChI=1S/C10H15N3O/c1-8-7-14-6-5-13(8)10-3-4-11-9(2)12-10/h3-4,8H,5-7H2,1-2H3/t8-/m1/s1. The van der Waals surface area contributed by atoms with Crippen LogP contribution < -0.4 is 4.90 Å². The first-order valence-electron chi connectivity index (χ1n) is 4.91. The maximum absolute atomic E-state index is 5.38. The Kier molecular flexibility index (Phi) is 2.63. The average molecular weight is 193 g/mol. The molecule has 4 nitrogen and oxygen atoms in total. The van der Waals surface area contributed by atoms with Gasteiger partial charge in [-0.05, 0) is 19.9 Å². The van der Waals surface area contributed by atoms with Crippen molar-refractivity contribution in [2.45, 2.75) is 19.9 Å². The summed E-state index contributed by atoms with van der Waals surface area (Å²) in [5, 5.41) is 0. The molecule has 1 fully saturated rings. The summed E-state index contributed by atoms with van der Waals surface area (Å²) in [5.41, 5.74) is 0. The highest BCUT2D eigenvalue weighted by atomic mass is 16.5. The van der Waals surface area contributed by atoms with E-state index in [2.05, 4.69) is 21.8 Å². The molecule has 1 aromatic rings. The summed E-state index contributed by atoms with van der Waals surface area (Å²) in [6.07, 6.45) is 1.81. The number of anilines is 1. The van der Waals surface area contributed by atoms with E-state index in [0.717, 1.165) is 31.4 Å². The van der Waals surface area contributed by atoms with Crippen LogP contribution in [-0.4, -0.2) is 35.8 Å². The van der Waals surface area contributed by atoms with Gasteiger partial charge in [-0.25, -0.2) is 9.97 Å². The number of nitrogens with zero attached hydrogens (tertiary/aromatic N) is 3. The predicted octanol–water partition coefficient (Wildman–Crippen LogP) is 1.01. The molecule has 0 N–H and O–H groups in total. The van der Waals surface area contributed by atoms with Gasteiger partial charge >= 0.3 is 0 Å². The van der Waals surface area contributed by atoms with E-state index >= 15 is 0 Å². The van der Waals surface area contributed by atoms with E-state index in [1.165, 1.54) is 0 Å². The van der Waals surface area contributed by atoms with Gasteiger partial charge in [-0.15, -0.1) is 0 Å². The summed E-state index contributed by atoms with van der Waals surface area (Å²) >= 11 is 0. The summed E-state index contributed by atoms with van der Waals surface area (Å²) in [7, 11) is 0. The smallest absolute Gasteiger partial charge is 0.132 e. The van der Waals surface area contributed by atoms with Crippen molar-refractivity contribution in [3.05, 3.63) is 18.1 Å². The fourth-order valence-corrected chi connectivity index (χ4v) is 1.67. The van der Waals surface area contributed by atoms with Crippen LogP contribution in [0.2, 0.25) is 0 Å².